The van der Waals surface area contributed by atoms with Gasteiger partial charge in [0.1, 0.15) is 11.5 Å². The molecule has 3 aliphatic rings. The summed E-state index contributed by atoms with van der Waals surface area (Å²) in [6.07, 6.45) is 44.3. The molecule has 0 radical (unpaired) electrons. The molecule has 0 saturated carbocycles. The highest BCUT2D eigenvalue weighted by Gasteiger charge is 2.27. The van der Waals surface area contributed by atoms with Crippen molar-refractivity contribution in [3.63, 3.8) is 0 Å². The van der Waals surface area contributed by atoms with Crippen molar-refractivity contribution in [1.82, 2.24) is 5.32 Å². The van der Waals surface area contributed by atoms with E-state index in [4.69, 9.17) is 4.42 Å². The molecule has 0 spiro atoms. The van der Waals surface area contributed by atoms with E-state index in [-0.39, 0.29) is 12.1 Å². The fourth-order valence-corrected chi connectivity index (χ4v) is 6.68. The first kappa shape index (κ1) is 35.6. The summed E-state index contributed by atoms with van der Waals surface area (Å²) >= 11 is 0. The van der Waals surface area contributed by atoms with E-state index in [2.05, 4.69) is 167 Å². The van der Waals surface area contributed by atoms with Crippen molar-refractivity contribution in [2.75, 3.05) is 0 Å². The third-order valence-corrected chi connectivity index (χ3v) is 9.38. The fourth-order valence-electron chi connectivity index (χ4n) is 6.68. The number of rotatable bonds is 13. The average molecular weight is 648 g/mol. The number of furan rings is 1. The molecule has 0 saturated heterocycles. The van der Waals surface area contributed by atoms with Crippen LogP contribution in [0.3, 0.4) is 0 Å². The van der Waals surface area contributed by atoms with Crippen molar-refractivity contribution in [3.05, 3.63) is 191 Å². The summed E-state index contributed by atoms with van der Waals surface area (Å²) in [7, 11) is 0. The smallest absolute Gasteiger partial charge is 0.138 e. The number of benzene rings is 1. The van der Waals surface area contributed by atoms with Gasteiger partial charge in [-0.25, -0.2) is 0 Å². The molecule has 1 aromatic carbocycles. The highest BCUT2D eigenvalue weighted by Crippen LogP contribution is 2.39. The Morgan fingerprint density at radius 3 is 2.63 bits per heavy atom. The lowest BCUT2D eigenvalue weighted by atomic mass is 9.84. The lowest BCUT2D eigenvalue weighted by Gasteiger charge is -2.29. The number of hydrogen-bond acceptors (Lipinski definition) is 2. The average Bonchev–Trinajstić information content (AvgIpc) is 3.49. The van der Waals surface area contributed by atoms with Gasteiger partial charge >= 0.3 is 0 Å². The Balaban J connectivity index is 1.65. The summed E-state index contributed by atoms with van der Waals surface area (Å²) in [6, 6.07) is 11.2. The predicted octanol–water partition coefficient (Wildman–Crippen LogP) is 11.9. The summed E-state index contributed by atoms with van der Waals surface area (Å²) in [5.74, 6) is 2.33. The van der Waals surface area contributed by atoms with Crippen LogP contribution in [-0.2, 0) is 19.3 Å². The molecule has 2 aromatic rings. The van der Waals surface area contributed by atoms with Crippen LogP contribution in [0, 0.1) is 5.92 Å². The Kier molecular flexibility index (Phi) is 13.2. The Hall–Kier alpha value is -4.66. The molecule has 3 atom stereocenters. The minimum Gasteiger partial charge on any atom is -0.460 e. The third-order valence-electron chi connectivity index (χ3n) is 9.38. The molecule has 1 aromatic heterocycles. The van der Waals surface area contributed by atoms with E-state index in [0.29, 0.717) is 5.92 Å². The largest absolute Gasteiger partial charge is 0.460 e. The van der Waals surface area contributed by atoms with Gasteiger partial charge in [0.25, 0.3) is 0 Å². The zero-order valence-corrected chi connectivity index (χ0v) is 29.7. The van der Waals surface area contributed by atoms with Gasteiger partial charge in [-0.05, 0) is 85.3 Å². The van der Waals surface area contributed by atoms with E-state index in [1.165, 1.54) is 22.3 Å². The van der Waals surface area contributed by atoms with Crippen molar-refractivity contribution in [2.24, 2.45) is 5.92 Å². The van der Waals surface area contributed by atoms with E-state index < -0.39 is 0 Å². The SMILES string of the molecule is C=C/C(=C\c1c(CC2=CCCC=C2)oc(/C(=C\Cc2ccccc2)C2=CC3NC(C)/C=C\C=C/CC3C=C2)c1CC)C(=C)/C=C\C=C/CC. The molecule has 0 amide bonds. The molecule has 2 aliphatic carbocycles. The van der Waals surface area contributed by atoms with Crippen molar-refractivity contribution < 1.29 is 4.42 Å². The Morgan fingerprint density at radius 2 is 1.88 bits per heavy atom. The molecule has 2 nitrogen and oxygen atoms in total. The highest BCUT2D eigenvalue weighted by atomic mass is 16.3. The maximum atomic E-state index is 7.11. The van der Waals surface area contributed by atoms with Crippen LogP contribution >= 0.6 is 0 Å². The number of hydrogen-bond donors (Lipinski definition) is 1. The normalized spacial score (nSPS) is 22.6. The van der Waals surface area contributed by atoms with Gasteiger partial charge in [0.05, 0.1) is 0 Å². The van der Waals surface area contributed by atoms with E-state index >= 15 is 0 Å². The maximum absolute atomic E-state index is 7.11. The molecule has 0 fully saturated rings. The first-order chi connectivity index (χ1) is 24.0. The van der Waals surface area contributed by atoms with Crippen LogP contribution in [0.2, 0.25) is 0 Å². The maximum Gasteiger partial charge on any atom is 0.138 e. The minimum absolute atomic E-state index is 0.211. The Morgan fingerprint density at radius 1 is 1.02 bits per heavy atom. The monoisotopic (exact) mass is 647 g/mol. The van der Waals surface area contributed by atoms with Crippen molar-refractivity contribution in [2.45, 2.75) is 77.8 Å². The van der Waals surface area contributed by atoms with Crippen LogP contribution in [0.1, 0.15) is 74.7 Å². The Labute approximate surface area is 295 Å². The van der Waals surface area contributed by atoms with Gasteiger partial charge in [0.2, 0.25) is 0 Å². The molecule has 5 rings (SSSR count). The second-order valence-electron chi connectivity index (χ2n) is 13.0. The number of nitrogens with one attached hydrogen (secondary N) is 1. The van der Waals surface area contributed by atoms with Crippen LogP contribution in [0.5, 0.6) is 0 Å². The third kappa shape index (κ3) is 9.71. The molecule has 252 valence electrons. The standard InChI is InChI=1S/C47H53NO/c1-6-9-10-14-21-35(4)39(7-2)33-44-42(8-3)47(49-46(44)32-38-25-18-13-19-26-38)43(31-28-37-23-16-12-17-24-37)41-30-29-40-27-20-11-15-22-36(5)48-45(40)34-41/h7,9-12,14-18,20-26,29-31,33-34,36,40,45,48H,2,4,6,8,13,19,27-28,32H2,1,3,5H3/b10-9-,20-11-,21-14-,22-15-,39-33+,43-31-. The first-order valence-electron chi connectivity index (χ1n) is 18.1. The molecular weight excluding hydrogens is 595 g/mol. The predicted molar refractivity (Wildman–Crippen MR) is 212 cm³/mol. The number of fused-ring (bicyclic) bond motifs is 1. The van der Waals surface area contributed by atoms with Crippen LogP contribution in [0.15, 0.2) is 167 Å². The van der Waals surface area contributed by atoms with Gasteiger partial charge in [-0.15, -0.1) is 0 Å². The quantitative estimate of drug-likeness (QED) is 0.219. The molecule has 2 heterocycles. The number of allylic oxidation sites excluding steroid dienone is 18. The lowest BCUT2D eigenvalue weighted by Crippen LogP contribution is -2.39. The molecule has 49 heavy (non-hydrogen) atoms. The van der Waals surface area contributed by atoms with Crippen LogP contribution in [-0.4, -0.2) is 12.1 Å². The molecular formula is C47H53NO. The van der Waals surface area contributed by atoms with Crippen molar-refractivity contribution in [1.29, 1.82) is 0 Å². The van der Waals surface area contributed by atoms with Crippen LogP contribution in [0.25, 0.3) is 11.6 Å². The van der Waals surface area contributed by atoms with Gasteiger partial charge in [0, 0.05) is 35.2 Å². The molecule has 0 bridgehead atoms. The fraction of sp³-hybridized carbons (Fsp3) is 0.277. The van der Waals surface area contributed by atoms with Gasteiger partial charge in [-0.2, -0.15) is 0 Å². The minimum atomic E-state index is 0.211. The summed E-state index contributed by atoms with van der Waals surface area (Å²) < 4.78 is 7.11. The van der Waals surface area contributed by atoms with Crippen LogP contribution in [0.4, 0.5) is 0 Å². The molecule has 3 unspecified atom stereocenters. The van der Waals surface area contributed by atoms with Crippen LogP contribution < -0.4 is 5.32 Å². The molecule has 1 aliphatic heterocycles. The van der Waals surface area contributed by atoms with Gasteiger partial charge < -0.3 is 9.73 Å². The summed E-state index contributed by atoms with van der Waals surface area (Å²) in [5, 5.41) is 3.87. The van der Waals surface area contributed by atoms with E-state index in [9.17, 15) is 0 Å². The zero-order chi connectivity index (χ0) is 34.4. The van der Waals surface area contributed by atoms with E-state index in [1.54, 1.807) is 0 Å². The second-order valence-corrected chi connectivity index (χ2v) is 13.0. The molecule has 2 heteroatoms. The first-order valence-corrected chi connectivity index (χ1v) is 18.1. The highest BCUT2D eigenvalue weighted by molar-refractivity contribution is 5.84. The van der Waals surface area contributed by atoms with Gasteiger partial charge in [-0.3, -0.25) is 0 Å². The summed E-state index contributed by atoms with van der Waals surface area (Å²) in [6.45, 7) is 15.2. The molecule has 1 N–H and O–H groups in total. The van der Waals surface area contributed by atoms with E-state index in [1.807, 2.05) is 6.08 Å². The van der Waals surface area contributed by atoms with E-state index in [0.717, 1.165) is 78.7 Å². The Bertz CT molecular complexity index is 1770. The van der Waals surface area contributed by atoms with Crippen molar-refractivity contribution >= 4 is 11.6 Å². The van der Waals surface area contributed by atoms with Crippen molar-refractivity contribution in [3.8, 4) is 0 Å². The topological polar surface area (TPSA) is 25.2 Å². The second kappa shape index (κ2) is 18.2. The summed E-state index contributed by atoms with van der Waals surface area (Å²) in [5.41, 5.74) is 9.20. The lowest BCUT2D eigenvalue weighted by molar-refractivity contribution is 0.450. The summed E-state index contributed by atoms with van der Waals surface area (Å²) in [4.78, 5) is 0. The van der Waals surface area contributed by atoms with Gasteiger partial charge in [-0.1, -0.05) is 155 Å². The van der Waals surface area contributed by atoms with Gasteiger partial charge in [0.15, 0.2) is 0 Å². The zero-order valence-electron chi connectivity index (χ0n) is 29.7.